The van der Waals surface area contributed by atoms with E-state index in [0.29, 0.717) is 22.4 Å². The van der Waals surface area contributed by atoms with E-state index >= 15 is 0 Å². The van der Waals surface area contributed by atoms with Crippen molar-refractivity contribution >= 4 is 17.4 Å². The SMILES string of the molecule is COc1cc(C)c(/C(O)=C2\C(=O)C(=O)N(Cc3ccc(F)cc3)C2c2ccccc2)cc1C(C)C. The fraction of sp³-hybridized carbons (Fsp3) is 0.241. The molecule has 3 aromatic carbocycles. The molecule has 1 amide bonds. The summed E-state index contributed by atoms with van der Waals surface area (Å²) in [5, 5.41) is 11.5. The number of likely N-dealkylation sites (tertiary alicyclic amines) is 1. The molecule has 0 spiro atoms. The first-order valence-electron chi connectivity index (χ1n) is 11.5. The van der Waals surface area contributed by atoms with Crippen LogP contribution in [0.15, 0.2) is 72.3 Å². The van der Waals surface area contributed by atoms with Crippen LogP contribution in [0.4, 0.5) is 4.39 Å². The number of methoxy groups -OCH3 is 1. The largest absolute Gasteiger partial charge is 0.507 e. The Morgan fingerprint density at radius 3 is 2.31 bits per heavy atom. The number of hydrogen-bond acceptors (Lipinski definition) is 4. The van der Waals surface area contributed by atoms with E-state index in [2.05, 4.69) is 0 Å². The molecule has 0 saturated carbocycles. The molecular weight excluding hydrogens is 445 g/mol. The number of aryl methyl sites for hydroxylation is 1. The van der Waals surface area contributed by atoms with E-state index in [-0.39, 0.29) is 29.6 Å². The number of aliphatic hydroxyl groups excluding tert-OH is 1. The highest BCUT2D eigenvalue weighted by Gasteiger charge is 2.46. The molecule has 0 aliphatic carbocycles. The van der Waals surface area contributed by atoms with Gasteiger partial charge in [0.2, 0.25) is 0 Å². The molecule has 0 radical (unpaired) electrons. The predicted molar refractivity (Wildman–Crippen MR) is 133 cm³/mol. The number of benzene rings is 3. The van der Waals surface area contributed by atoms with E-state index in [9.17, 15) is 19.1 Å². The second kappa shape index (κ2) is 9.74. The second-order valence-corrected chi connectivity index (χ2v) is 9.03. The number of nitrogens with zero attached hydrogens (tertiary/aromatic N) is 1. The standard InChI is InChI=1S/C29H28FNO4/c1-17(2)22-15-23(18(3)14-24(22)35-4)27(32)25-26(20-8-6-5-7-9-20)31(29(34)28(25)33)16-19-10-12-21(30)13-11-19/h5-15,17,26,32H,16H2,1-4H3/b27-25+. The smallest absolute Gasteiger partial charge is 0.295 e. The van der Waals surface area contributed by atoms with Gasteiger partial charge in [-0.15, -0.1) is 0 Å². The number of carbonyl (C=O) groups is 2. The van der Waals surface area contributed by atoms with Crippen molar-refractivity contribution in [3.63, 3.8) is 0 Å². The monoisotopic (exact) mass is 473 g/mol. The summed E-state index contributed by atoms with van der Waals surface area (Å²) >= 11 is 0. The Labute approximate surface area is 204 Å². The van der Waals surface area contributed by atoms with Gasteiger partial charge in [0, 0.05) is 12.1 Å². The molecule has 1 atom stereocenters. The van der Waals surface area contributed by atoms with Crippen molar-refractivity contribution in [3.05, 3.63) is 106 Å². The maximum absolute atomic E-state index is 13.4. The van der Waals surface area contributed by atoms with Gasteiger partial charge in [-0.25, -0.2) is 4.39 Å². The third kappa shape index (κ3) is 4.56. The van der Waals surface area contributed by atoms with Gasteiger partial charge in [0.1, 0.15) is 17.3 Å². The summed E-state index contributed by atoms with van der Waals surface area (Å²) in [4.78, 5) is 28.0. The van der Waals surface area contributed by atoms with Gasteiger partial charge in [-0.2, -0.15) is 0 Å². The Morgan fingerprint density at radius 1 is 1.06 bits per heavy atom. The van der Waals surface area contributed by atoms with E-state index < -0.39 is 17.7 Å². The molecule has 5 nitrogen and oxygen atoms in total. The number of rotatable bonds is 6. The van der Waals surface area contributed by atoms with E-state index in [1.54, 1.807) is 19.2 Å². The zero-order valence-electron chi connectivity index (χ0n) is 20.2. The summed E-state index contributed by atoms with van der Waals surface area (Å²) in [6.45, 7) is 5.96. The van der Waals surface area contributed by atoms with Gasteiger partial charge in [0.15, 0.2) is 0 Å². The summed E-state index contributed by atoms with van der Waals surface area (Å²) in [5.41, 5.74) is 3.50. The predicted octanol–water partition coefficient (Wildman–Crippen LogP) is 5.89. The van der Waals surface area contributed by atoms with Crippen LogP contribution in [0.3, 0.4) is 0 Å². The quantitative estimate of drug-likeness (QED) is 0.275. The molecular formula is C29H28FNO4. The van der Waals surface area contributed by atoms with Crippen molar-refractivity contribution in [2.24, 2.45) is 0 Å². The highest BCUT2D eigenvalue weighted by atomic mass is 19.1. The minimum absolute atomic E-state index is 0.0336. The van der Waals surface area contributed by atoms with E-state index in [1.165, 1.54) is 17.0 Å². The van der Waals surface area contributed by atoms with Crippen LogP contribution in [0.1, 0.15) is 53.6 Å². The zero-order chi connectivity index (χ0) is 25.3. The summed E-state index contributed by atoms with van der Waals surface area (Å²) in [7, 11) is 1.59. The Hall–Kier alpha value is -3.93. The fourth-order valence-corrected chi connectivity index (χ4v) is 4.54. The normalized spacial score (nSPS) is 17.3. The third-order valence-electron chi connectivity index (χ3n) is 6.38. The van der Waals surface area contributed by atoms with Crippen LogP contribution in [0.2, 0.25) is 0 Å². The van der Waals surface area contributed by atoms with Crippen molar-refractivity contribution in [2.45, 2.75) is 39.3 Å². The Bertz CT molecular complexity index is 1300. The highest BCUT2D eigenvalue weighted by Crippen LogP contribution is 2.42. The van der Waals surface area contributed by atoms with Crippen LogP contribution < -0.4 is 4.74 Å². The van der Waals surface area contributed by atoms with E-state index in [4.69, 9.17) is 4.74 Å². The average Bonchev–Trinajstić information content (AvgIpc) is 3.10. The van der Waals surface area contributed by atoms with Gasteiger partial charge in [0.25, 0.3) is 11.7 Å². The first-order chi connectivity index (χ1) is 16.7. The molecule has 0 bridgehead atoms. The van der Waals surface area contributed by atoms with Crippen LogP contribution in [0.25, 0.3) is 5.76 Å². The molecule has 1 N–H and O–H groups in total. The van der Waals surface area contributed by atoms with Crippen molar-refractivity contribution in [3.8, 4) is 5.75 Å². The first kappa shape index (κ1) is 24.2. The lowest BCUT2D eigenvalue weighted by Gasteiger charge is -2.26. The minimum Gasteiger partial charge on any atom is -0.507 e. The molecule has 1 aliphatic heterocycles. The number of carbonyl (C=O) groups excluding carboxylic acids is 2. The molecule has 1 fully saturated rings. The number of Topliss-reactive ketones (excluding diaryl/α,β-unsaturated/α-hetero) is 1. The van der Waals surface area contributed by atoms with Crippen LogP contribution in [0.5, 0.6) is 5.75 Å². The molecule has 1 saturated heterocycles. The number of halogens is 1. The maximum Gasteiger partial charge on any atom is 0.295 e. The number of aliphatic hydroxyl groups is 1. The number of ketones is 1. The molecule has 3 aromatic rings. The van der Waals surface area contributed by atoms with Gasteiger partial charge >= 0.3 is 0 Å². The molecule has 1 aliphatic rings. The lowest BCUT2D eigenvalue weighted by Crippen LogP contribution is -2.29. The topological polar surface area (TPSA) is 66.8 Å². The van der Waals surface area contributed by atoms with Crippen molar-refractivity contribution in [1.29, 1.82) is 0 Å². The molecule has 6 heteroatoms. The number of hydrogen-bond donors (Lipinski definition) is 1. The average molecular weight is 474 g/mol. The first-order valence-corrected chi connectivity index (χ1v) is 11.5. The lowest BCUT2D eigenvalue weighted by atomic mass is 9.91. The van der Waals surface area contributed by atoms with Gasteiger partial charge < -0.3 is 14.7 Å². The molecule has 180 valence electrons. The maximum atomic E-state index is 13.4. The van der Waals surface area contributed by atoms with Crippen LogP contribution in [-0.2, 0) is 16.1 Å². The summed E-state index contributed by atoms with van der Waals surface area (Å²) in [6.07, 6.45) is 0. The van der Waals surface area contributed by atoms with Gasteiger partial charge in [-0.3, -0.25) is 9.59 Å². The zero-order valence-corrected chi connectivity index (χ0v) is 20.2. The molecule has 1 unspecified atom stereocenters. The third-order valence-corrected chi connectivity index (χ3v) is 6.38. The van der Waals surface area contributed by atoms with Crippen LogP contribution in [0, 0.1) is 12.7 Å². The molecule has 35 heavy (non-hydrogen) atoms. The minimum atomic E-state index is -0.787. The molecule has 0 aromatic heterocycles. The van der Waals surface area contributed by atoms with Crippen molar-refractivity contribution in [1.82, 2.24) is 4.90 Å². The Kier molecular flexibility index (Phi) is 6.74. The number of ether oxygens (including phenoxy) is 1. The van der Waals surface area contributed by atoms with Crippen molar-refractivity contribution < 1.29 is 23.8 Å². The lowest BCUT2D eigenvalue weighted by molar-refractivity contribution is -0.140. The summed E-state index contributed by atoms with van der Waals surface area (Å²) in [6, 6.07) is 17.8. The van der Waals surface area contributed by atoms with E-state index in [0.717, 1.165) is 11.1 Å². The second-order valence-electron chi connectivity index (χ2n) is 9.03. The Balaban J connectivity index is 1.89. The highest BCUT2D eigenvalue weighted by molar-refractivity contribution is 6.46. The van der Waals surface area contributed by atoms with Gasteiger partial charge in [-0.05, 0) is 59.4 Å². The van der Waals surface area contributed by atoms with Gasteiger partial charge in [-0.1, -0.05) is 56.3 Å². The summed E-state index contributed by atoms with van der Waals surface area (Å²) < 4.78 is 18.9. The van der Waals surface area contributed by atoms with Gasteiger partial charge in [0.05, 0.1) is 18.7 Å². The van der Waals surface area contributed by atoms with Crippen LogP contribution >= 0.6 is 0 Å². The van der Waals surface area contributed by atoms with Crippen LogP contribution in [-0.4, -0.2) is 28.8 Å². The Morgan fingerprint density at radius 2 is 1.71 bits per heavy atom. The summed E-state index contributed by atoms with van der Waals surface area (Å²) in [5.74, 6) is -1.25. The van der Waals surface area contributed by atoms with E-state index in [1.807, 2.05) is 63.2 Å². The fourth-order valence-electron chi connectivity index (χ4n) is 4.54. The van der Waals surface area contributed by atoms with Crippen molar-refractivity contribution in [2.75, 3.05) is 7.11 Å². The number of amides is 1. The molecule has 4 rings (SSSR count). The molecule has 1 heterocycles.